The normalized spacial score (nSPS) is 10.9. The van der Waals surface area contributed by atoms with Gasteiger partial charge in [0.1, 0.15) is 0 Å². The maximum Gasteiger partial charge on any atom is 0.291 e. The van der Waals surface area contributed by atoms with Crippen molar-refractivity contribution in [1.82, 2.24) is 15.2 Å². The van der Waals surface area contributed by atoms with Crippen LogP contribution in [0.3, 0.4) is 0 Å². The van der Waals surface area contributed by atoms with Gasteiger partial charge < -0.3 is 4.90 Å². The van der Waals surface area contributed by atoms with Crippen molar-refractivity contribution in [2.45, 2.75) is 6.54 Å². The second kappa shape index (κ2) is 8.64. The number of carbonyl (C=O) groups is 1. The van der Waals surface area contributed by atoms with Crippen molar-refractivity contribution >= 4 is 33.7 Å². The number of hydrazone groups is 1. The molecule has 0 aliphatic rings. The van der Waals surface area contributed by atoms with E-state index in [0.717, 1.165) is 21.3 Å². The quantitative estimate of drug-likeness (QED) is 0.485. The molecule has 3 rings (SSSR count). The summed E-state index contributed by atoms with van der Waals surface area (Å²) in [5.74, 6) is -0.342. The molecule has 1 heterocycles. The largest absolute Gasteiger partial charge is 0.378 e. The van der Waals surface area contributed by atoms with Crippen LogP contribution >= 0.6 is 15.9 Å². The highest BCUT2D eigenvalue weighted by atomic mass is 79.9. The molecule has 0 saturated carbocycles. The van der Waals surface area contributed by atoms with Crippen LogP contribution in [0.2, 0.25) is 0 Å². The molecule has 138 valence electrons. The molecule has 0 saturated heterocycles. The van der Waals surface area contributed by atoms with Crippen LogP contribution in [-0.2, 0) is 6.54 Å². The highest BCUT2D eigenvalue weighted by Crippen LogP contribution is 2.12. The Kier molecular flexibility index (Phi) is 6.03. The van der Waals surface area contributed by atoms with Crippen LogP contribution in [0, 0.1) is 0 Å². The maximum absolute atomic E-state index is 12.2. The van der Waals surface area contributed by atoms with Crippen LogP contribution in [0.4, 0.5) is 5.69 Å². The fourth-order valence-corrected chi connectivity index (χ4v) is 2.69. The van der Waals surface area contributed by atoms with Gasteiger partial charge in [-0.05, 0) is 41.5 Å². The summed E-state index contributed by atoms with van der Waals surface area (Å²) in [6.45, 7) is 0.599. The number of benzene rings is 2. The summed E-state index contributed by atoms with van der Waals surface area (Å²) in [6, 6.07) is 17.5. The van der Waals surface area contributed by atoms with Gasteiger partial charge in [-0.1, -0.05) is 40.2 Å². The van der Waals surface area contributed by atoms with Crippen LogP contribution in [0.1, 0.15) is 21.6 Å². The zero-order valence-electron chi connectivity index (χ0n) is 15.1. The molecule has 6 nitrogen and oxygen atoms in total. The van der Waals surface area contributed by atoms with Crippen LogP contribution in [0.5, 0.6) is 0 Å². The number of carbonyl (C=O) groups excluding carboxylic acids is 1. The van der Waals surface area contributed by atoms with E-state index in [-0.39, 0.29) is 5.91 Å². The summed E-state index contributed by atoms with van der Waals surface area (Å²) in [5, 5.41) is 8.30. The highest BCUT2D eigenvalue weighted by Gasteiger charge is 2.08. The number of hydrogen-bond acceptors (Lipinski definition) is 4. The zero-order valence-corrected chi connectivity index (χ0v) is 16.7. The second-order valence-electron chi connectivity index (χ2n) is 6.21. The predicted octanol–water partition coefficient (Wildman–Crippen LogP) is 3.52. The lowest BCUT2D eigenvalue weighted by Crippen LogP contribution is -2.18. The van der Waals surface area contributed by atoms with Crippen molar-refractivity contribution in [3.8, 4) is 0 Å². The monoisotopic (exact) mass is 425 g/mol. The maximum atomic E-state index is 12.2. The average Bonchev–Trinajstić information content (AvgIpc) is 3.12. The van der Waals surface area contributed by atoms with Gasteiger partial charge in [0.05, 0.1) is 12.8 Å². The third-order valence-corrected chi connectivity index (χ3v) is 4.45. The van der Waals surface area contributed by atoms with Gasteiger partial charge in [0.25, 0.3) is 5.91 Å². The van der Waals surface area contributed by atoms with Crippen molar-refractivity contribution in [2.75, 3.05) is 19.0 Å². The van der Waals surface area contributed by atoms with Crippen LogP contribution in [-0.4, -0.2) is 36.0 Å². The minimum atomic E-state index is -0.342. The SMILES string of the molecule is CN(C)c1ccc(/C=N/NC(=O)c2ccn(Cc3ccc(Br)cc3)n2)cc1. The third kappa shape index (κ3) is 5.27. The topological polar surface area (TPSA) is 62.5 Å². The number of aromatic nitrogens is 2. The lowest BCUT2D eigenvalue weighted by molar-refractivity contribution is 0.0949. The van der Waals surface area contributed by atoms with Crippen LogP contribution in [0.25, 0.3) is 0 Å². The third-order valence-electron chi connectivity index (χ3n) is 3.92. The van der Waals surface area contributed by atoms with Crippen LogP contribution < -0.4 is 10.3 Å². The van der Waals surface area contributed by atoms with Gasteiger partial charge in [-0.2, -0.15) is 10.2 Å². The molecule has 0 atom stereocenters. The molecule has 1 amide bonds. The lowest BCUT2D eigenvalue weighted by atomic mass is 10.2. The van der Waals surface area contributed by atoms with Gasteiger partial charge in [-0.25, -0.2) is 5.43 Å². The molecule has 0 radical (unpaired) electrons. The molecule has 0 bridgehead atoms. The number of amides is 1. The van der Waals surface area contributed by atoms with Gasteiger partial charge in [0.15, 0.2) is 5.69 Å². The molecule has 0 fully saturated rings. The Morgan fingerprint density at radius 1 is 1.15 bits per heavy atom. The molecule has 1 aromatic heterocycles. The van der Waals surface area contributed by atoms with E-state index in [4.69, 9.17) is 0 Å². The lowest BCUT2D eigenvalue weighted by Gasteiger charge is -2.11. The smallest absolute Gasteiger partial charge is 0.291 e. The molecule has 0 spiro atoms. The first-order chi connectivity index (χ1) is 13.0. The minimum Gasteiger partial charge on any atom is -0.378 e. The summed E-state index contributed by atoms with van der Waals surface area (Å²) < 4.78 is 2.75. The highest BCUT2D eigenvalue weighted by molar-refractivity contribution is 9.10. The molecular weight excluding hydrogens is 406 g/mol. The molecule has 27 heavy (non-hydrogen) atoms. The van der Waals surface area contributed by atoms with Crippen molar-refractivity contribution in [3.05, 3.63) is 82.1 Å². The number of hydrogen-bond donors (Lipinski definition) is 1. The first-order valence-corrected chi connectivity index (χ1v) is 9.19. The van der Waals surface area contributed by atoms with E-state index in [9.17, 15) is 4.79 Å². The van der Waals surface area contributed by atoms with Crippen molar-refractivity contribution in [2.24, 2.45) is 5.10 Å². The van der Waals surface area contributed by atoms with Gasteiger partial charge in [-0.15, -0.1) is 0 Å². The number of nitrogens with zero attached hydrogens (tertiary/aromatic N) is 4. The Morgan fingerprint density at radius 2 is 1.85 bits per heavy atom. The Hall–Kier alpha value is -2.93. The average molecular weight is 426 g/mol. The number of rotatable bonds is 6. The van der Waals surface area contributed by atoms with Crippen molar-refractivity contribution < 1.29 is 4.79 Å². The van der Waals surface area contributed by atoms with Crippen LogP contribution in [0.15, 0.2) is 70.4 Å². The van der Waals surface area contributed by atoms with E-state index in [1.165, 1.54) is 0 Å². The molecule has 0 aliphatic carbocycles. The van der Waals surface area contributed by atoms with Gasteiger partial charge in [-0.3, -0.25) is 9.48 Å². The summed E-state index contributed by atoms with van der Waals surface area (Å²) in [6.07, 6.45) is 3.39. The number of halogens is 1. The molecule has 7 heteroatoms. The molecule has 1 N–H and O–H groups in total. The first-order valence-electron chi connectivity index (χ1n) is 8.40. The van der Waals surface area contributed by atoms with E-state index in [1.807, 2.05) is 67.5 Å². The van der Waals surface area contributed by atoms with Gasteiger partial charge >= 0.3 is 0 Å². The summed E-state index contributed by atoms with van der Waals surface area (Å²) in [5.41, 5.74) is 5.95. The zero-order chi connectivity index (χ0) is 19.2. The summed E-state index contributed by atoms with van der Waals surface area (Å²) in [4.78, 5) is 14.2. The molecular formula is C20H20BrN5O. The van der Waals surface area contributed by atoms with Crippen molar-refractivity contribution in [1.29, 1.82) is 0 Å². The van der Waals surface area contributed by atoms with E-state index in [1.54, 1.807) is 23.2 Å². The Balaban J connectivity index is 1.56. The fourth-order valence-electron chi connectivity index (χ4n) is 2.43. The molecule has 0 aliphatic heterocycles. The second-order valence-corrected chi connectivity index (χ2v) is 7.13. The van der Waals surface area contributed by atoms with E-state index < -0.39 is 0 Å². The Labute approximate surface area is 166 Å². The minimum absolute atomic E-state index is 0.326. The van der Waals surface area contributed by atoms with Gasteiger partial charge in [0, 0.05) is 30.5 Å². The standard InChI is InChI=1S/C20H20BrN5O/c1-25(2)18-9-5-15(6-10-18)13-22-23-20(27)19-11-12-26(24-19)14-16-3-7-17(21)8-4-16/h3-13H,14H2,1-2H3,(H,23,27)/b22-13+. The fraction of sp³-hybridized carbons (Fsp3) is 0.150. The van der Waals surface area contributed by atoms with E-state index in [2.05, 4.69) is 31.6 Å². The predicted molar refractivity (Wildman–Crippen MR) is 111 cm³/mol. The summed E-state index contributed by atoms with van der Waals surface area (Å²) >= 11 is 3.41. The summed E-state index contributed by atoms with van der Waals surface area (Å²) in [7, 11) is 3.97. The number of nitrogens with one attached hydrogen (secondary N) is 1. The molecule has 2 aromatic carbocycles. The van der Waals surface area contributed by atoms with E-state index >= 15 is 0 Å². The van der Waals surface area contributed by atoms with E-state index in [0.29, 0.717) is 12.2 Å². The number of anilines is 1. The van der Waals surface area contributed by atoms with Crippen molar-refractivity contribution in [3.63, 3.8) is 0 Å². The molecule has 3 aromatic rings. The Morgan fingerprint density at radius 3 is 2.52 bits per heavy atom. The molecule has 0 unspecified atom stereocenters. The first kappa shape index (κ1) is 18.8. The Bertz CT molecular complexity index is 930. The van der Waals surface area contributed by atoms with Gasteiger partial charge in [0.2, 0.25) is 0 Å².